The second-order valence-corrected chi connectivity index (χ2v) is 10.9. The van der Waals surface area contributed by atoms with E-state index in [9.17, 15) is 24.4 Å². The molecular weight excluding hydrogens is 476 g/mol. The molecule has 3 N–H and O–H groups in total. The third-order valence-electron chi connectivity index (χ3n) is 7.07. The van der Waals surface area contributed by atoms with Gasteiger partial charge in [-0.25, -0.2) is 4.79 Å². The smallest absolute Gasteiger partial charge is 0.408 e. The van der Waals surface area contributed by atoms with Gasteiger partial charge in [0.25, 0.3) is 0 Å². The van der Waals surface area contributed by atoms with Crippen molar-refractivity contribution >= 4 is 23.8 Å². The summed E-state index contributed by atoms with van der Waals surface area (Å²) in [5, 5.41) is 12.2. The van der Waals surface area contributed by atoms with Crippen molar-refractivity contribution < 1.29 is 23.9 Å². The molecule has 3 aliphatic rings. The van der Waals surface area contributed by atoms with Crippen molar-refractivity contribution in [3.63, 3.8) is 0 Å². The molecule has 11 nitrogen and oxygen atoms in total. The third-order valence-corrected chi connectivity index (χ3v) is 7.07. The number of nitrogens with two attached hydrogens (primary N) is 1. The molecule has 4 amide bonds. The molecule has 0 saturated carbocycles. The fourth-order valence-electron chi connectivity index (χ4n) is 5.35. The number of carbonyl (C=O) groups is 4. The van der Waals surface area contributed by atoms with Crippen LogP contribution in [0.5, 0.6) is 0 Å². The minimum Gasteiger partial charge on any atom is -0.444 e. The van der Waals surface area contributed by atoms with E-state index in [4.69, 9.17) is 10.5 Å². The molecule has 198 valence electrons. The topological polar surface area (TPSA) is 149 Å². The average molecular weight is 511 g/mol. The number of piperazine rings is 1. The molecule has 0 spiro atoms. The van der Waals surface area contributed by atoms with Crippen LogP contribution in [0.4, 0.5) is 4.79 Å². The normalized spacial score (nSPS) is 24.2. The van der Waals surface area contributed by atoms with Crippen LogP contribution >= 0.6 is 0 Å². The summed E-state index contributed by atoms with van der Waals surface area (Å²) in [7, 11) is 0. The monoisotopic (exact) mass is 510 g/mol. The molecule has 0 aliphatic carbocycles. The van der Waals surface area contributed by atoms with Gasteiger partial charge in [-0.1, -0.05) is 12.1 Å². The number of hydrogen-bond donors (Lipinski definition) is 2. The SMILES string of the molecule is CC(C)(C)OC(=O)NC(CN1C[C@@H]2C[C@H]1C(=O)N2Cc1ccc(C(N)=O)cc1)C(=O)N1CCCC1C#N. The van der Waals surface area contributed by atoms with Gasteiger partial charge < -0.3 is 25.6 Å². The molecule has 3 heterocycles. The van der Waals surface area contributed by atoms with Gasteiger partial charge in [-0.05, 0) is 57.7 Å². The minimum absolute atomic E-state index is 0.0239. The summed E-state index contributed by atoms with van der Waals surface area (Å²) in [4.78, 5) is 55.8. The Morgan fingerprint density at radius 2 is 1.95 bits per heavy atom. The van der Waals surface area contributed by atoms with Crippen molar-refractivity contribution in [1.82, 2.24) is 20.0 Å². The van der Waals surface area contributed by atoms with E-state index in [1.54, 1.807) is 45.0 Å². The number of likely N-dealkylation sites (tertiary alicyclic amines) is 3. The van der Waals surface area contributed by atoms with Crippen LogP contribution in [0.1, 0.15) is 56.0 Å². The average Bonchev–Trinajstić information content (AvgIpc) is 3.53. The number of rotatable bonds is 7. The van der Waals surface area contributed by atoms with Crippen molar-refractivity contribution in [3.05, 3.63) is 35.4 Å². The molecule has 1 aromatic rings. The Kier molecular flexibility index (Phi) is 7.41. The maximum Gasteiger partial charge on any atom is 0.408 e. The van der Waals surface area contributed by atoms with E-state index >= 15 is 0 Å². The number of carbonyl (C=O) groups excluding carboxylic acids is 4. The molecule has 0 radical (unpaired) electrons. The lowest BCUT2D eigenvalue weighted by Gasteiger charge is -2.36. The van der Waals surface area contributed by atoms with Crippen LogP contribution < -0.4 is 11.1 Å². The van der Waals surface area contributed by atoms with Crippen LogP contribution in [0.3, 0.4) is 0 Å². The predicted molar refractivity (Wildman–Crippen MR) is 133 cm³/mol. The van der Waals surface area contributed by atoms with Gasteiger partial charge in [0.2, 0.25) is 17.7 Å². The van der Waals surface area contributed by atoms with Gasteiger partial charge in [0.1, 0.15) is 17.7 Å². The third kappa shape index (κ3) is 5.85. The molecule has 4 rings (SSSR count). The Balaban J connectivity index is 1.44. The first kappa shape index (κ1) is 26.4. The van der Waals surface area contributed by atoms with Crippen LogP contribution in [0, 0.1) is 11.3 Å². The fourth-order valence-corrected chi connectivity index (χ4v) is 5.35. The number of alkyl carbamates (subject to hydrolysis) is 1. The molecule has 37 heavy (non-hydrogen) atoms. The van der Waals surface area contributed by atoms with E-state index in [1.807, 2.05) is 9.80 Å². The first-order valence-corrected chi connectivity index (χ1v) is 12.6. The number of fused-ring (bicyclic) bond motifs is 2. The van der Waals surface area contributed by atoms with Gasteiger partial charge in [0.15, 0.2) is 0 Å². The zero-order chi connectivity index (χ0) is 26.9. The summed E-state index contributed by atoms with van der Waals surface area (Å²) in [5.74, 6) is -0.871. The van der Waals surface area contributed by atoms with Crippen molar-refractivity contribution in [2.24, 2.45) is 5.73 Å². The highest BCUT2D eigenvalue weighted by Crippen LogP contribution is 2.33. The molecule has 11 heteroatoms. The van der Waals surface area contributed by atoms with E-state index in [-0.39, 0.29) is 24.4 Å². The number of primary amides is 1. The largest absolute Gasteiger partial charge is 0.444 e. The summed E-state index contributed by atoms with van der Waals surface area (Å²) in [5.41, 5.74) is 5.88. The summed E-state index contributed by atoms with van der Waals surface area (Å²) in [6.07, 6.45) is 1.25. The molecular formula is C26H34N6O5. The Bertz CT molecular complexity index is 1110. The summed E-state index contributed by atoms with van der Waals surface area (Å²) in [6, 6.07) is 7.16. The zero-order valence-electron chi connectivity index (χ0n) is 21.5. The molecule has 3 aliphatic heterocycles. The van der Waals surface area contributed by atoms with Crippen LogP contribution in [-0.4, -0.2) is 87.9 Å². The number of nitrogens with one attached hydrogen (secondary N) is 1. The maximum absolute atomic E-state index is 13.4. The lowest BCUT2D eigenvalue weighted by Crippen LogP contribution is -2.58. The molecule has 2 unspecified atom stereocenters. The summed E-state index contributed by atoms with van der Waals surface area (Å²) >= 11 is 0. The summed E-state index contributed by atoms with van der Waals surface area (Å²) < 4.78 is 5.38. The number of hydrogen-bond acceptors (Lipinski definition) is 7. The van der Waals surface area contributed by atoms with E-state index in [0.29, 0.717) is 38.0 Å². The first-order valence-electron chi connectivity index (χ1n) is 12.6. The van der Waals surface area contributed by atoms with Gasteiger partial charge in [-0.15, -0.1) is 0 Å². The number of amides is 4. The molecule has 2 bridgehead atoms. The van der Waals surface area contributed by atoms with E-state index in [2.05, 4.69) is 11.4 Å². The zero-order valence-corrected chi connectivity index (χ0v) is 21.5. The highest BCUT2D eigenvalue weighted by molar-refractivity contribution is 5.92. The van der Waals surface area contributed by atoms with Crippen LogP contribution in [-0.2, 0) is 20.9 Å². The number of benzene rings is 1. The number of nitrogens with zero attached hydrogens (tertiary/aromatic N) is 4. The van der Waals surface area contributed by atoms with Gasteiger partial charge in [-0.2, -0.15) is 5.26 Å². The first-order chi connectivity index (χ1) is 17.5. The van der Waals surface area contributed by atoms with Crippen molar-refractivity contribution in [2.75, 3.05) is 19.6 Å². The second kappa shape index (κ2) is 10.4. The van der Waals surface area contributed by atoms with Gasteiger partial charge in [0, 0.05) is 37.8 Å². The Hall–Kier alpha value is -3.65. The molecule has 4 atom stereocenters. The van der Waals surface area contributed by atoms with Gasteiger partial charge >= 0.3 is 6.09 Å². The molecule has 3 fully saturated rings. The lowest BCUT2D eigenvalue weighted by molar-refractivity contribution is -0.140. The quantitative estimate of drug-likeness (QED) is 0.555. The summed E-state index contributed by atoms with van der Waals surface area (Å²) in [6.45, 7) is 6.81. The van der Waals surface area contributed by atoms with Crippen LogP contribution in [0.2, 0.25) is 0 Å². The Morgan fingerprint density at radius 3 is 2.54 bits per heavy atom. The van der Waals surface area contributed by atoms with Crippen molar-refractivity contribution in [1.29, 1.82) is 5.26 Å². The molecule has 3 saturated heterocycles. The Morgan fingerprint density at radius 1 is 1.24 bits per heavy atom. The van der Waals surface area contributed by atoms with Crippen molar-refractivity contribution in [3.8, 4) is 6.07 Å². The van der Waals surface area contributed by atoms with E-state index < -0.39 is 35.7 Å². The lowest BCUT2D eigenvalue weighted by atomic mass is 10.1. The van der Waals surface area contributed by atoms with Gasteiger partial charge in [0.05, 0.1) is 12.1 Å². The highest BCUT2D eigenvalue weighted by atomic mass is 16.6. The Labute approximate surface area is 216 Å². The standard InChI is InChI=1S/C26H34N6O5/c1-26(2,3)37-25(36)29-20(23(34)31-10-4-5-18(31)12-27)15-30-14-19-11-21(30)24(35)32(19)13-16-6-8-17(9-7-16)22(28)33/h6-9,18-21H,4-5,10-11,13-15H2,1-3H3,(H2,28,33)(H,29,36)/t18?,19-,20?,21-/m0/s1. The van der Waals surface area contributed by atoms with Crippen LogP contribution in [0.15, 0.2) is 24.3 Å². The van der Waals surface area contributed by atoms with Gasteiger partial charge in [-0.3, -0.25) is 19.3 Å². The second-order valence-electron chi connectivity index (χ2n) is 10.9. The maximum atomic E-state index is 13.4. The highest BCUT2D eigenvalue weighted by Gasteiger charge is 2.50. The number of nitriles is 1. The fraction of sp³-hybridized carbons (Fsp3) is 0.577. The minimum atomic E-state index is -0.939. The molecule has 1 aromatic carbocycles. The van der Waals surface area contributed by atoms with Crippen molar-refractivity contribution in [2.45, 2.75) is 76.3 Å². The number of ether oxygens (including phenoxy) is 1. The van der Waals surface area contributed by atoms with Crippen LogP contribution in [0.25, 0.3) is 0 Å². The van der Waals surface area contributed by atoms with E-state index in [1.165, 1.54) is 4.90 Å². The predicted octanol–water partition coefficient (Wildman–Crippen LogP) is 0.978. The molecule has 0 aromatic heterocycles. The van der Waals surface area contributed by atoms with E-state index in [0.717, 1.165) is 12.0 Å².